The van der Waals surface area contributed by atoms with E-state index in [9.17, 15) is 9.59 Å². The predicted octanol–water partition coefficient (Wildman–Crippen LogP) is 3.10. The van der Waals surface area contributed by atoms with Gasteiger partial charge in [0, 0.05) is 23.2 Å². The molecule has 0 atom stereocenters. The first-order valence-corrected chi connectivity index (χ1v) is 11.0. The first-order valence-electron chi connectivity index (χ1n) is 10.1. The summed E-state index contributed by atoms with van der Waals surface area (Å²) in [7, 11) is 0. The van der Waals surface area contributed by atoms with Crippen LogP contribution in [-0.4, -0.2) is 53.1 Å². The molecule has 0 aliphatic carbocycles. The molecule has 31 heavy (non-hydrogen) atoms. The molecule has 2 aromatic heterocycles. The molecule has 3 rings (SSSR count). The minimum absolute atomic E-state index is 0.103. The van der Waals surface area contributed by atoms with E-state index in [2.05, 4.69) is 39.6 Å². The number of nitrogens with one attached hydrogen (secondary N) is 2. The van der Waals surface area contributed by atoms with Crippen LogP contribution < -0.4 is 16.4 Å². The standard InChI is InChI=1S/C21H26N6O3S/c1-3-27(4-2)11-5-10-23-19(29)14-6-8-16(9-7-14)24-21-26-25-20(30-21)17-12-15(13-31-17)18(22)28/h6-9,12-13H,3-5,10-11H2,1-2H3,(H2,22,28)(H,23,29)(H,24,26). The molecule has 9 nitrogen and oxygen atoms in total. The Morgan fingerprint density at radius 1 is 1.13 bits per heavy atom. The Balaban J connectivity index is 1.52. The average Bonchev–Trinajstić information content (AvgIpc) is 3.44. The summed E-state index contributed by atoms with van der Waals surface area (Å²) in [5.74, 6) is -0.316. The number of aromatic nitrogens is 2. The molecular formula is C21H26N6O3S. The lowest BCUT2D eigenvalue weighted by Gasteiger charge is -2.17. The van der Waals surface area contributed by atoms with E-state index in [0.717, 1.165) is 26.1 Å². The van der Waals surface area contributed by atoms with Gasteiger partial charge in [-0.15, -0.1) is 16.4 Å². The van der Waals surface area contributed by atoms with Crippen molar-refractivity contribution in [1.29, 1.82) is 0 Å². The molecule has 0 unspecified atom stereocenters. The predicted molar refractivity (Wildman–Crippen MR) is 121 cm³/mol. The summed E-state index contributed by atoms with van der Waals surface area (Å²) in [6.07, 6.45) is 0.914. The molecule has 0 aliphatic rings. The van der Waals surface area contributed by atoms with Crippen LogP contribution in [-0.2, 0) is 0 Å². The van der Waals surface area contributed by atoms with E-state index in [4.69, 9.17) is 10.2 Å². The van der Waals surface area contributed by atoms with Crippen molar-refractivity contribution < 1.29 is 14.0 Å². The van der Waals surface area contributed by atoms with Crippen molar-refractivity contribution in [2.24, 2.45) is 5.73 Å². The third-order valence-corrected chi connectivity index (χ3v) is 5.67. The summed E-state index contributed by atoms with van der Waals surface area (Å²) in [6, 6.07) is 8.82. The molecule has 2 heterocycles. The zero-order chi connectivity index (χ0) is 22.2. The number of amides is 2. The van der Waals surface area contributed by atoms with Crippen LogP contribution in [0.5, 0.6) is 0 Å². The van der Waals surface area contributed by atoms with E-state index in [-0.39, 0.29) is 11.9 Å². The third-order valence-electron chi connectivity index (χ3n) is 4.75. The van der Waals surface area contributed by atoms with Crippen LogP contribution in [0, 0.1) is 0 Å². The second-order valence-corrected chi connectivity index (χ2v) is 7.73. The number of rotatable bonds is 11. The van der Waals surface area contributed by atoms with E-state index in [0.29, 0.717) is 34.1 Å². The van der Waals surface area contributed by atoms with Crippen molar-refractivity contribution in [1.82, 2.24) is 20.4 Å². The average molecular weight is 443 g/mol. The summed E-state index contributed by atoms with van der Waals surface area (Å²) >= 11 is 1.30. The molecule has 0 fully saturated rings. The lowest BCUT2D eigenvalue weighted by molar-refractivity contribution is 0.0950. The number of nitrogens with zero attached hydrogens (tertiary/aromatic N) is 3. The van der Waals surface area contributed by atoms with Gasteiger partial charge in [-0.1, -0.05) is 18.9 Å². The fourth-order valence-corrected chi connectivity index (χ4v) is 3.74. The maximum absolute atomic E-state index is 12.3. The van der Waals surface area contributed by atoms with Gasteiger partial charge in [0.15, 0.2) is 0 Å². The quantitative estimate of drug-likeness (QED) is 0.389. The van der Waals surface area contributed by atoms with E-state index >= 15 is 0 Å². The van der Waals surface area contributed by atoms with Crippen molar-refractivity contribution in [3.63, 3.8) is 0 Å². The number of benzene rings is 1. The maximum Gasteiger partial charge on any atom is 0.320 e. The second kappa shape index (κ2) is 10.7. The molecule has 0 bridgehead atoms. The second-order valence-electron chi connectivity index (χ2n) is 6.81. The van der Waals surface area contributed by atoms with E-state index in [1.165, 1.54) is 11.3 Å². The number of primary amides is 1. The van der Waals surface area contributed by atoms with Crippen molar-refractivity contribution in [3.05, 3.63) is 46.8 Å². The van der Waals surface area contributed by atoms with Gasteiger partial charge in [0.1, 0.15) is 0 Å². The molecule has 0 saturated heterocycles. The van der Waals surface area contributed by atoms with E-state index in [1.54, 1.807) is 35.7 Å². The minimum atomic E-state index is -0.506. The van der Waals surface area contributed by atoms with Gasteiger partial charge in [0.25, 0.3) is 11.8 Å². The molecule has 3 aromatic rings. The number of anilines is 2. The van der Waals surface area contributed by atoms with Crippen LogP contribution >= 0.6 is 11.3 Å². The van der Waals surface area contributed by atoms with Crippen LogP contribution in [0.25, 0.3) is 10.8 Å². The fraction of sp³-hybridized carbons (Fsp3) is 0.333. The van der Waals surface area contributed by atoms with Crippen molar-refractivity contribution >= 4 is 34.9 Å². The number of carbonyl (C=O) groups is 2. The highest BCUT2D eigenvalue weighted by molar-refractivity contribution is 7.13. The van der Waals surface area contributed by atoms with Crippen LogP contribution in [0.1, 0.15) is 41.0 Å². The van der Waals surface area contributed by atoms with E-state index < -0.39 is 5.91 Å². The lowest BCUT2D eigenvalue weighted by atomic mass is 10.2. The molecule has 0 saturated carbocycles. The normalized spacial score (nSPS) is 10.9. The largest absolute Gasteiger partial charge is 0.402 e. The Bertz CT molecular complexity index is 1010. The van der Waals surface area contributed by atoms with Gasteiger partial charge in [-0.2, -0.15) is 0 Å². The zero-order valence-corrected chi connectivity index (χ0v) is 18.4. The smallest absolute Gasteiger partial charge is 0.320 e. The van der Waals surface area contributed by atoms with Gasteiger partial charge >= 0.3 is 6.01 Å². The first-order chi connectivity index (χ1) is 15.0. The first kappa shape index (κ1) is 22.4. The monoisotopic (exact) mass is 442 g/mol. The molecule has 10 heteroatoms. The van der Waals surface area contributed by atoms with Crippen LogP contribution in [0.4, 0.5) is 11.7 Å². The SMILES string of the molecule is CCN(CC)CCCNC(=O)c1ccc(Nc2nnc(-c3cc(C(N)=O)cs3)o2)cc1. The van der Waals surface area contributed by atoms with Gasteiger partial charge in [0.2, 0.25) is 5.91 Å². The maximum atomic E-state index is 12.3. The van der Waals surface area contributed by atoms with Crippen LogP contribution in [0.2, 0.25) is 0 Å². The highest BCUT2D eigenvalue weighted by Gasteiger charge is 2.13. The molecule has 0 aliphatic heterocycles. The molecular weight excluding hydrogens is 416 g/mol. The molecule has 2 amide bonds. The van der Waals surface area contributed by atoms with Gasteiger partial charge in [-0.3, -0.25) is 9.59 Å². The fourth-order valence-electron chi connectivity index (χ4n) is 2.93. The molecule has 0 spiro atoms. The number of thiophene rings is 1. The Morgan fingerprint density at radius 3 is 2.52 bits per heavy atom. The number of nitrogens with two attached hydrogens (primary N) is 1. The zero-order valence-electron chi connectivity index (χ0n) is 17.6. The highest BCUT2D eigenvalue weighted by Crippen LogP contribution is 2.28. The molecule has 1 aromatic carbocycles. The van der Waals surface area contributed by atoms with Gasteiger partial charge in [0.05, 0.1) is 10.4 Å². The Morgan fingerprint density at radius 2 is 1.87 bits per heavy atom. The Labute approximate surface area is 184 Å². The van der Waals surface area contributed by atoms with Crippen molar-refractivity contribution in [2.45, 2.75) is 20.3 Å². The number of carbonyl (C=O) groups excluding carboxylic acids is 2. The Kier molecular flexibility index (Phi) is 7.74. The molecule has 164 valence electrons. The van der Waals surface area contributed by atoms with Gasteiger partial charge < -0.3 is 25.7 Å². The summed E-state index contributed by atoms with van der Waals surface area (Å²) in [5, 5.41) is 15.5. The summed E-state index contributed by atoms with van der Waals surface area (Å²) in [6.45, 7) is 7.91. The summed E-state index contributed by atoms with van der Waals surface area (Å²) < 4.78 is 5.59. The van der Waals surface area contributed by atoms with Crippen LogP contribution in [0.15, 0.2) is 40.1 Å². The number of hydrogen-bond acceptors (Lipinski definition) is 8. The van der Waals surface area contributed by atoms with Crippen molar-refractivity contribution in [2.75, 3.05) is 31.5 Å². The summed E-state index contributed by atoms with van der Waals surface area (Å²) in [4.78, 5) is 26.5. The highest BCUT2D eigenvalue weighted by atomic mass is 32.1. The third kappa shape index (κ3) is 6.12. The lowest BCUT2D eigenvalue weighted by Crippen LogP contribution is -2.29. The van der Waals surface area contributed by atoms with Crippen LogP contribution in [0.3, 0.4) is 0 Å². The Hall–Kier alpha value is -3.24. The minimum Gasteiger partial charge on any atom is -0.402 e. The van der Waals surface area contributed by atoms with Crippen molar-refractivity contribution in [3.8, 4) is 10.8 Å². The topological polar surface area (TPSA) is 126 Å². The summed E-state index contributed by atoms with van der Waals surface area (Å²) in [5.41, 5.74) is 6.95. The molecule has 0 radical (unpaired) electrons. The number of hydrogen-bond donors (Lipinski definition) is 3. The molecule has 4 N–H and O–H groups in total. The van der Waals surface area contributed by atoms with Gasteiger partial charge in [-0.25, -0.2) is 0 Å². The van der Waals surface area contributed by atoms with E-state index in [1.807, 2.05) is 0 Å². The van der Waals surface area contributed by atoms with Gasteiger partial charge in [-0.05, 0) is 56.4 Å².